The van der Waals surface area contributed by atoms with E-state index in [0.29, 0.717) is 10.7 Å². The number of nitrogens with one attached hydrogen (secondary N) is 2. The van der Waals surface area contributed by atoms with Gasteiger partial charge in [0.05, 0.1) is 12.0 Å². The lowest BCUT2D eigenvalue weighted by Crippen LogP contribution is -2.51. The average molecular weight is 663 g/mol. The van der Waals surface area contributed by atoms with Gasteiger partial charge in [0, 0.05) is 40.4 Å². The summed E-state index contributed by atoms with van der Waals surface area (Å²) in [5.41, 5.74) is 5.36. The molecule has 0 aliphatic carbocycles. The smallest absolute Gasteiger partial charge is 0.325 e. The summed E-state index contributed by atoms with van der Waals surface area (Å²) >= 11 is 1.37. The molecule has 0 unspecified atom stereocenters. The summed E-state index contributed by atoms with van der Waals surface area (Å²) in [6.45, 7) is 7.58. The zero-order chi connectivity index (χ0) is 34.4. The Morgan fingerprint density at radius 3 is 2.04 bits per heavy atom. The Bertz CT molecular complexity index is 1900. The van der Waals surface area contributed by atoms with E-state index in [1.165, 1.54) is 18.3 Å². The first-order valence-electron chi connectivity index (χ1n) is 15.5. The van der Waals surface area contributed by atoms with Gasteiger partial charge in [-0.25, -0.2) is 9.97 Å². The van der Waals surface area contributed by atoms with Crippen molar-refractivity contribution in [2.75, 3.05) is 7.11 Å². The lowest BCUT2D eigenvalue weighted by molar-refractivity contribution is -0.141. The van der Waals surface area contributed by atoms with Gasteiger partial charge in [0.1, 0.15) is 17.8 Å². The number of methoxy groups -OCH3 is 1. The molecule has 0 radical (unpaired) electrons. The van der Waals surface area contributed by atoms with E-state index in [1.54, 1.807) is 25.6 Å². The predicted molar refractivity (Wildman–Crippen MR) is 188 cm³/mol. The number of hydrogen-bond donors (Lipinski definition) is 3. The highest BCUT2D eigenvalue weighted by molar-refractivity contribution is 7.14. The number of ether oxygens (including phenoxy) is 1. The van der Waals surface area contributed by atoms with Gasteiger partial charge < -0.3 is 20.5 Å². The number of aromatic nitrogens is 2. The highest BCUT2D eigenvalue weighted by atomic mass is 32.1. The van der Waals surface area contributed by atoms with Crippen LogP contribution in [0.2, 0.25) is 0 Å². The summed E-state index contributed by atoms with van der Waals surface area (Å²) in [5, 5.41) is 14.6. The van der Waals surface area contributed by atoms with E-state index in [4.69, 9.17) is 4.74 Å². The molecular weight excluding hydrogens is 625 g/mol. The van der Waals surface area contributed by atoms with Crippen LogP contribution in [-0.4, -0.2) is 52.1 Å². The Hall–Kier alpha value is -5.35. The van der Waals surface area contributed by atoms with Crippen LogP contribution in [0.5, 0.6) is 5.75 Å². The van der Waals surface area contributed by atoms with Gasteiger partial charge in [-0.1, -0.05) is 87.5 Å². The molecule has 2 aromatic heterocycles. The Balaban J connectivity index is 1.29. The van der Waals surface area contributed by atoms with Crippen molar-refractivity contribution >= 4 is 29.1 Å². The molecule has 0 bridgehead atoms. The van der Waals surface area contributed by atoms with Gasteiger partial charge in [-0.3, -0.25) is 14.4 Å². The van der Waals surface area contributed by atoms with Gasteiger partial charge >= 0.3 is 5.97 Å². The van der Waals surface area contributed by atoms with Crippen LogP contribution in [0.1, 0.15) is 47.8 Å². The van der Waals surface area contributed by atoms with Crippen LogP contribution >= 0.6 is 11.3 Å². The fourth-order valence-corrected chi connectivity index (χ4v) is 6.02. The van der Waals surface area contributed by atoms with Crippen LogP contribution in [0.4, 0.5) is 0 Å². The number of amides is 2. The molecule has 0 saturated heterocycles. The zero-order valence-electron chi connectivity index (χ0n) is 27.5. The number of carboxylic acid groups (broad SMARTS) is 1. The van der Waals surface area contributed by atoms with E-state index < -0.39 is 29.9 Å². The molecule has 3 aromatic carbocycles. The second kappa shape index (κ2) is 14.6. The number of carboxylic acids is 1. The molecule has 246 valence electrons. The van der Waals surface area contributed by atoms with Crippen LogP contribution in [0.15, 0.2) is 97.3 Å². The van der Waals surface area contributed by atoms with Gasteiger partial charge in [-0.15, -0.1) is 11.3 Å². The number of para-hydroxylation sites is 1. The Morgan fingerprint density at radius 1 is 0.812 bits per heavy atom. The largest absolute Gasteiger partial charge is 0.496 e. The van der Waals surface area contributed by atoms with Crippen LogP contribution in [0.3, 0.4) is 0 Å². The van der Waals surface area contributed by atoms with E-state index in [0.717, 1.165) is 44.0 Å². The molecule has 0 saturated carbocycles. The molecule has 5 aromatic rings. The molecule has 2 amide bonds. The molecule has 0 fully saturated rings. The highest BCUT2D eigenvalue weighted by Gasteiger charge is 2.26. The highest BCUT2D eigenvalue weighted by Crippen LogP contribution is 2.32. The first-order valence-corrected chi connectivity index (χ1v) is 16.3. The first kappa shape index (κ1) is 34.0. The quantitative estimate of drug-likeness (QED) is 0.142. The third-order valence-electron chi connectivity index (χ3n) is 7.86. The number of carbonyl (C=O) groups excluding carboxylic acids is 2. The van der Waals surface area contributed by atoms with Gasteiger partial charge in [0.25, 0.3) is 5.91 Å². The maximum atomic E-state index is 13.2. The Labute approximate surface area is 284 Å². The molecule has 2 atom stereocenters. The van der Waals surface area contributed by atoms with Crippen molar-refractivity contribution in [1.82, 2.24) is 20.6 Å². The molecule has 2 heterocycles. The predicted octanol–water partition coefficient (Wildman–Crippen LogP) is 6.78. The summed E-state index contributed by atoms with van der Waals surface area (Å²) in [4.78, 5) is 48.4. The number of thiophene rings is 1. The number of nitrogens with zero attached hydrogens (tertiary/aromatic N) is 2. The van der Waals surface area contributed by atoms with Gasteiger partial charge in [-0.2, -0.15) is 0 Å². The van der Waals surface area contributed by atoms with Crippen molar-refractivity contribution in [2.24, 2.45) is 0 Å². The van der Waals surface area contributed by atoms with Crippen molar-refractivity contribution in [1.29, 1.82) is 0 Å². The van der Waals surface area contributed by atoms with Crippen molar-refractivity contribution < 1.29 is 24.2 Å². The molecule has 0 spiro atoms. The monoisotopic (exact) mass is 662 g/mol. The third kappa shape index (κ3) is 8.13. The molecule has 10 heteroatoms. The first-order chi connectivity index (χ1) is 22.9. The molecule has 0 aliphatic heterocycles. The standard InChI is InChI=1S/C38H38N4O5S/c1-23(37(45)46)41-35(43)30(42-36(44)32-18-19-33(48-32)38(2,3)4)20-24-10-12-27(13-11-24)34-39-21-28(22-40-34)25-14-16-26(17-15-25)29-8-6-7-9-31(29)47-5/h6-19,21-23,30H,20H2,1-5H3,(H,41,43)(H,42,44)(H,45,46)/t23-,30+/m1/s1. The van der Waals surface area contributed by atoms with E-state index in [-0.39, 0.29) is 11.8 Å². The minimum Gasteiger partial charge on any atom is -0.496 e. The molecule has 48 heavy (non-hydrogen) atoms. The van der Waals surface area contributed by atoms with Gasteiger partial charge in [-0.05, 0) is 47.2 Å². The van der Waals surface area contributed by atoms with Crippen LogP contribution in [0.25, 0.3) is 33.6 Å². The van der Waals surface area contributed by atoms with Crippen LogP contribution in [-0.2, 0) is 21.4 Å². The SMILES string of the molecule is COc1ccccc1-c1ccc(-c2cnc(-c3ccc(C[C@H](NC(=O)c4ccc(C(C)(C)C)s4)C(=O)N[C@H](C)C(=O)O)cc3)nc2)cc1. The number of benzene rings is 3. The second-order valence-electron chi connectivity index (χ2n) is 12.5. The zero-order valence-corrected chi connectivity index (χ0v) is 28.3. The lowest BCUT2D eigenvalue weighted by Gasteiger charge is -2.20. The summed E-state index contributed by atoms with van der Waals surface area (Å²) in [5.74, 6) is -0.778. The normalized spacial score (nSPS) is 12.5. The molecular formula is C38H38N4O5S. The summed E-state index contributed by atoms with van der Waals surface area (Å²) < 4.78 is 5.50. The number of aliphatic carboxylic acids is 1. The summed E-state index contributed by atoms with van der Waals surface area (Å²) in [6.07, 6.45) is 3.72. The van der Waals surface area contributed by atoms with Gasteiger partial charge in [0.15, 0.2) is 5.82 Å². The minimum atomic E-state index is -1.17. The summed E-state index contributed by atoms with van der Waals surface area (Å²) in [6, 6.07) is 25.0. The third-order valence-corrected chi connectivity index (χ3v) is 9.37. The van der Waals surface area contributed by atoms with Crippen molar-refractivity contribution in [3.63, 3.8) is 0 Å². The minimum absolute atomic E-state index is 0.119. The fraction of sp³-hybridized carbons (Fsp3) is 0.237. The van der Waals surface area contributed by atoms with Crippen LogP contribution in [0, 0.1) is 0 Å². The van der Waals surface area contributed by atoms with Gasteiger partial charge in [0.2, 0.25) is 5.91 Å². The molecule has 0 aliphatic rings. The Morgan fingerprint density at radius 2 is 1.44 bits per heavy atom. The van der Waals surface area contributed by atoms with E-state index >= 15 is 0 Å². The number of carbonyl (C=O) groups is 3. The summed E-state index contributed by atoms with van der Waals surface area (Å²) in [7, 11) is 1.66. The maximum Gasteiger partial charge on any atom is 0.325 e. The second-order valence-corrected chi connectivity index (χ2v) is 13.6. The van der Waals surface area contributed by atoms with E-state index in [2.05, 4.69) is 41.4 Å². The van der Waals surface area contributed by atoms with Crippen molar-refractivity contribution in [3.05, 3.63) is 113 Å². The van der Waals surface area contributed by atoms with Crippen molar-refractivity contribution in [3.8, 4) is 39.4 Å². The molecule has 9 nitrogen and oxygen atoms in total. The molecule has 3 N–H and O–H groups in total. The fourth-order valence-electron chi connectivity index (χ4n) is 5.05. The lowest BCUT2D eigenvalue weighted by atomic mass is 9.95. The maximum absolute atomic E-state index is 13.2. The Kier molecular flexibility index (Phi) is 10.3. The van der Waals surface area contributed by atoms with Crippen LogP contribution < -0.4 is 15.4 Å². The van der Waals surface area contributed by atoms with Crippen molar-refractivity contribution in [2.45, 2.75) is 51.6 Å². The topological polar surface area (TPSA) is 131 Å². The number of hydrogen-bond acceptors (Lipinski definition) is 7. The average Bonchev–Trinajstić information content (AvgIpc) is 3.60. The molecule has 5 rings (SSSR count). The van der Waals surface area contributed by atoms with E-state index in [1.807, 2.05) is 78.9 Å². The van der Waals surface area contributed by atoms with E-state index in [9.17, 15) is 19.5 Å². The number of rotatable bonds is 11.